The molecular weight excluding hydrogens is 318 g/mol. The maximum Gasteiger partial charge on any atom is 0.533 e. The Hall–Kier alpha value is -3.08. The van der Waals surface area contributed by atoms with Gasteiger partial charge in [0.05, 0.1) is 5.70 Å². The van der Waals surface area contributed by atoms with E-state index in [2.05, 4.69) is 18.7 Å². The highest BCUT2D eigenvalue weighted by Gasteiger charge is 2.31. The number of carbonyl (C=O) groups excluding carboxylic acids is 2. The highest BCUT2D eigenvalue weighted by Crippen LogP contribution is 2.44. The summed E-state index contributed by atoms with van der Waals surface area (Å²) in [5.41, 5.74) is 5.03. The van der Waals surface area contributed by atoms with Crippen LogP contribution in [0.15, 0.2) is 60.8 Å². The van der Waals surface area contributed by atoms with Crippen LogP contribution in [0.2, 0.25) is 0 Å². The third-order valence-electron chi connectivity index (χ3n) is 4.64. The summed E-state index contributed by atoms with van der Waals surface area (Å²) in [4.78, 5) is 28.6. The molecule has 1 saturated heterocycles. The second-order valence-electron chi connectivity index (χ2n) is 6.13. The molecule has 2 aromatic rings. The van der Waals surface area contributed by atoms with E-state index >= 15 is 0 Å². The second kappa shape index (κ2) is 6.09. The topological polar surface area (TPSA) is 55.8 Å². The molecule has 0 atom stereocenters. The molecule has 126 valence electrons. The molecule has 25 heavy (non-hydrogen) atoms. The SMILES string of the molecule is C=C1CCC(=O)N1OC(=O)OCC1c2ccccc2-c2ccccc21. The van der Waals surface area contributed by atoms with Gasteiger partial charge in [-0.3, -0.25) is 9.63 Å². The number of allylic oxidation sites excluding steroid dienone is 1. The van der Waals surface area contributed by atoms with Gasteiger partial charge in [-0.2, -0.15) is 0 Å². The van der Waals surface area contributed by atoms with Crippen LogP contribution in [0.5, 0.6) is 0 Å². The van der Waals surface area contributed by atoms with E-state index in [4.69, 9.17) is 9.57 Å². The number of rotatable bonds is 3. The Labute approximate surface area is 145 Å². The first-order chi connectivity index (χ1) is 12.1. The minimum atomic E-state index is -0.890. The van der Waals surface area contributed by atoms with Gasteiger partial charge >= 0.3 is 6.16 Å². The maximum atomic E-state index is 12.0. The van der Waals surface area contributed by atoms with Crippen LogP contribution in [0, 0.1) is 0 Å². The van der Waals surface area contributed by atoms with Crippen LogP contribution in [-0.4, -0.2) is 23.7 Å². The maximum absolute atomic E-state index is 12.0. The zero-order valence-corrected chi connectivity index (χ0v) is 13.6. The summed E-state index contributed by atoms with van der Waals surface area (Å²) in [6.07, 6.45) is -0.0939. The third-order valence-corrected chi connectivity index (χ3v) is 4.64. The molecule has 1 aliphatic carbocycles. The predicted octanol–water partition coefficient (Wildman–Crippen LogP) is 4.00. The van der Waals surface area contributed by atoms with Gasteiger partial charge in [-0.15, -0.1) is 5.06 Å². The van der Waals surface area contributed by atoms with Crippen molar-refractivity contribution in [1.29, 1.82) is 0 Å². The van der Waals surface area contributed by atoms with Crippen LogP contribution in [0.25, 0.3) is 11.1 Å². The van der Waals surface area contributed by atoms with Gasteiger partial charge in [0.25, 0.3) is 5.91 Å². The fourth-order valence-electron chi connectivity index (χ4n) is 3.44. The molecule has 0 saturated carbocycles. The molecule has 1 heterocycles. The summed E-state index contributed by atoms with van der Waals surface area (Å²) < 4.78 is 5.30. The van der Waals surface area contributed by atoms with Crippen molar-refractivity contribution in [3.63, 3.8) is 0 Å². The highest BCUT2D eigenvalue weighted by molar-refractivity contribution is 5.81. The van der Waals surface area contributed by atoms with E-state index in [1.807, 2.05) is 36.4 Å². The van der Waals surface area contributed by atoms with Crippen molar-refractivity contribution in [2.24, 2.45) is 0 Å². The smallest absolute Gasteiger partial charge is 0.432 e. The number of hydrogen-bond acceptors (Lipinski definition) is 4. The molecule has 0 unspecified atom stereocenters. The molecule has 4 rings (SSSR count). The van der Waals surface area contributed by atoms with Gasteiger partial charge in [0.15, 0.2) is 0 Å². The molecule has 0 radical (unpaired) electrons. The second-order valence-corrected chi connectivity index (χ2v) is 6.13. The molecule has 0 N–H and O–H groups in total. The van der Waals surface area contributed by atoms with Crippen LogP contribution in [-0.2, 0) is 14.4 Å². The molecule has 1 fully saturated rings. The van der Waals surface area contributed by atoms with Gasteiger partial charge in [0, 0.05) is 12.3 Å². The minimum absolute atomic E-state index is 0.0440. The first-order valence-electron chi connectivity index (χ1n) is 8.19. The lowest BCUT2D eigenvalue weighted by atomic mass is 9.98. The summed E-state index contributed by atoms with van der Waals surface area (Å²) in [6, 6.07) is 16.2. The monoisotopic (exact) mass is 335 g/mol. The molecule has 2 aromatic carbocycles. The van der Waals surface area contributed by atoms with Gasteiger partial charge < -0.3 is 4.74 Å². The number of carbonyl (C=O) groups is 2. The Morgan fingerprint density at radius 1 is 1.04 bits per heavy atom. The lowest BCUT2D eigenvalue weighted by Gasteiger charge is -2.17. The van der Waals surface area contributed by atoms with Crippen LogP contribution >= 0.6 is 0 Å². The zero-order valence-electron chi connectivity index (χ0n) is 13.6. The molecular formula is C20H17NO4. The van der Waals surface area contributed by atoms with E-state index < -0.39 is 6.16 Å². The Morgan fingerprint density at radius 3 is 2.20 bits per heavy atom. The molecule has 1 amide bonds. The van der Waals surface area contributed by atoms with Crippen molar-refractivity contribution in [2.75, 3.05) is 6.61 Å². The van der Waals surface area contributed by atoms with Gasteiger partial charge in [-0.05, 0) is 28.7 Å². The largest absolute Gasteiger partial charge is 0.533 e. The minimum Gasteiger partial charge on any atom is -0.432 e. The Balaban J connectivity index is 1.49. The molecule has 0 bridgehead atoms. The van der Waals surface area contributed by atoms with Crippen molar-refractivity contribution in [1.82, 2.24) is 5.06 Å². The number of ether oxygens (including phenoxy) is 1. The van der Waals surface area contributed by atoms with Crippen LogP contribution in [0.3, 0.4) is 0 Å². The molecule has 5 heteroatoms. The van der Waals surface area contributed by atoms with Crippen molar-refractivity contribution >= 4 is 12.1 Å². The van der Waals surface area contributed by atoms with E-state index in [0.29, 0.717) is 18.5 Å². The molecule has 0 spiro atoms. The quantitative estimate of drug-likeness (QED) is 0.796. The number of hydrogen-bond donors (Lipinski definition) is 0. The van der Waals surface area contributed by atoms with E-state index in [0.717, 1.165) is 27.3 Å². The van der Waals surface area contributed by atoms with Crippen molar-refractivity contribution < 1.29 is 19.2 Å². The lowest BCUT2D eigenvalue weighted by Crippen LogP contribution is -2.28. The highest BCUT2D eigenvalue weighted by atomic mass is 16.8. The Kier molecular flexibility index (Phi) is 3.76. The van der Waals surface area contributed by atoms with Gasteiger partial charge in [0.2, 0.25) is 0 Å². The molecule has 0 aromatic heterocycles. The van der Waals surface area contributed by atoms with Gasteiger partial charge in [-0.1, -0.05) is 55.1 Å². The summed E-state index contributed by atoms with van der Waals surface area (Å²) in [5, 5.41) is 0.929. The summed E-state index contributed by atoms with van der Waals surface area (Å²) in [7, 11) is 0. The molecule has 2 aliphatic rings. The summed E-state index contributed by atoms with van der Waals surface area (Å²) in [5.74, 6) is -0.323. The Bertz CT molecular complexity index is 812. The summed E-state index contributed by atoms with van der Waals surface area (Å²) >= 11 is 0. The fraction of sp³-hybridized carbons (Fsp3) is 0.200. The van der Waals surface area contributed by atoms with Crippen LogP contribution in [0.4, 0.5) is 4.79 Å². The number of fused-ring (bicyclic) bond motifs is 3. The van der Waals surface area contributed by atoms with Gasteiger partial charge in [0.1, 0.15) is 6.61 Å². The number of nitrogens with zero attached hydrogens (tertiary/aromatic N) is 1. The number of benzene rings is 2. The lowest BCUT2D eigenvalue weighted by molar-refractivity contribution is -0.157. The van der Waals surface area contributed by atoms with Crippen molar-refractivity contribution in [3.8, 4) is 11.1 Å². The Morgan fingerprint density at radius 2 is 1.64 bits per heavy atom. The third kappa shape index (κ3) is 2.67. The van der Waals surface area contributed by atoms with E-state index in [1.165, 1.54) is 0 Å². The summed E-state index contributed by atoms with van der Waals surface area (Å²) in [6.45, 7) is 3.86. The molecule has 5 nitrogen and oxygen atoms in total. The van der Waals surface area contributed by atoms with E-state index in [1.54, 1.807) is 0 Å². The van der Waals surface area contributed by atoms with Crippen molar-refractivity contribution in [2.45, 2.75) is 18.8 Å². The fourth-order valence-corrected chi connectivity index (χ4v) is 3.44. The van der Waals surface area contributed by atoms with E-state index in [-0.39, 0.29) is 18.4 Å². The number of hydroxylamine groups is 2. The molecule has 1 aliphatic heterocycles. The average Bonchev–Trinajstić information content (AvgIpc) is 3.12. The predicted molar refractivity (Wildman–Crippen MR) is 91.4 cm³/mol. The van der Waals surface area contributed by atoms with Crippen LogP contribution < -0.4 is 0 Å². The van der Waals surface area contributed by atoms with Crippen LogP contribution in [0.1, 0.15) is 29.9 Å². The van der Waals surface area contributed by atoms with Gasteiger partial charge in [-0.25, -0.2) is 4.79 Å². The normalized spacial score (nSPS) is 15.9. The average molecular weight is 335 g/mol. The first-order valence-corrected chi connectivity index (χ1v) is 8.19. The van der Waals surface area contributed by atoms with E-state index in [9.17, 15) is 9.59 Å². The zero-order chi connectivity index (χ0) is 17.4. The number of amides is 1. The van der Waals surface area contributed by atoms with Crippen molar-refractivity contribution in [3.05, 3.63) is 71.9 Å². The standard InChI is InChI=1S/C20H17NO4/c1-13-10-11-19(22)21(13)25-20(23)24-12-18-16-8-4-2-6-14(16)15-7-3-5-9-17(15)18/h2-9,18H,1,10-12H2. The first kappa shape index (κ1) is 15.4.